The van der Waals surface area contributed by atoms with Crippen LogP contribution in [0.3, 0.4) is 0 Å². The fraction of sp³-hybridized carbons (Fsp3) is 0.273. The molecule has 1 aromatic carbocycles. The fourth-order valence-corrected chi connectivity index (χ4v) is 1.22. The fourth-order valence-electron chi connectivity index (χ4n) is 1.22. The predicted molar refractivity (Wildman–Crippen MR) is 58.9 cm³/mol. The van der Waals surface area contributed by atoms with Crippen LogP contribution in [0.5, 0.6) is 5.75 Å². The van der Waals surface area contributed by atoms with Gasteiger partial charge < -0.3 is 15.2 Å². The molecule has 0 heterocycles. The van der Waals surface area contributed by atoms with Gasteiger partial charge in [-0.1, -0.05) is 0 Å². The van der Waals surface area contributed by atoms with E-state index in [0.717, 1.165) is 0 Å². The van der Waals surface area contributed by atoms with Gasteiger partial charge in [0.15, 0.2) is 0 Å². The molecule has 1 aromatic rings. The third kappa shape index (κ3) is 2.98. The second-order valence-corrected chi connectivity index (χ2v) is 3.13. The Morgan fingerprint density at radius 3 is 2.62 bits per heavy atom. The molecule has 0 atom stereocenters. The number of rotatable bonds is 4. The first-order valence-corrected chi connectivity index (χ1v) is 4.82. The highest BCUT2D eigenvalue weighted by atomic mass is 16.5. The summed E-state index contributed by atoms with van der Waals surface area (Å²) in [6.07, 6.45) is 0. The molecule has 0 aliphatic rings. The molecule has 0 unspecified atom stereocenters. The van der Waals surface area contributed by atoms with Gasteiger partial charge in [-0.3, -0.25) is 4.79 Å². The number of carbonyl (C=O) groups excluding carboxylic acids is 1. The smallest absolute Gasteiger partial charge is 0.335 e. The summed E-state index contributed by atoms with van der Waals surface area (Å²) >= 11 is 0. The number of benzene rings is 1. The third-order valence-corrected chi connectivity index (χ3v) is 1.84. The molecule has 0 aliphatic heterocycles. The number of nitrogens with one attached hydrogen (secondary N) is 1. The molecule has 0 aliphatic carbocycles. The predicted octanol–water partition coefficient (Wildman–Crippen LogP) is 1.74. The van der Waals surface area contributed by atoms with Crippen molar-refractivity contribution in [2.24, 2.45) is 0 Å². The summed E-state index contributed by atoms with van der Waals surface area (Å²) in [5.74, 6) is -0.906. The van der Waals surface area contributed by atoms with Crippen LogP contribution in [0.4, 0.5) is 5.69 Å². The first-order valence-electron chi connectivity index (χ1n) is 4.82. The van der Waals surface area contributed by atoms with Crippen LogP contribution in [0.2, 0.25) is 0 Å². The number of ether oxygens (including phenoxy) is 1. The lowest BCUT2D eigenvalue weighted by molar-refractivity contribution is -0.114. The first kappa shape index (κ1) is 12.0. The van der Waals surface area contributed by atoms with Crippen molar-refractivity contribution in [2.75, 3.05) is 11.9 Å². The largest absolute Gasteiger partial charge is 0.492 e. The number of aromatic carboxylic acids is 1. The average molecular weight is 223 g/mol. The van der Waals surface area contributed by atoms with Crippen molar-refractivity contribution in [3.8, 4) is 5.75 Å². The van der Waals surface area contributed by atoms with Gasteiger partial charge in [-0.05, 0) is 25.1 Å². The molecule has 5 nitrogen and oxygen atoms in total. The number of hydrogen-bond acceptors (Lipinski definition) is 3. The molecular formula is C11H13NO4. The van der Waals surface area contributed by atoms with E-state index in [0.29, 0.717) is 18.0 Å². The average Bonchev–Trinajstić information content (AvgIpc) is 2.20. The maximum Gasteiger partial charge on any atom is 0.335 e. The molecule has 0 saturated heterocycles. The maximum absolute atomic E-state index is 10.9. The number of anilines is 1. The van der Waals surface area contributed by atoms with Crippen LogP contribution in [-0.4, -0.2) is 23.6 Å². The van der Waals surface area contributed by atoms with Gasteiger partial charge in [0.1, 0.15) is 5.75 Å². The summed E-state index contributed by atoms with van der Waals surface area (Å²) in [5.41, 5.74) is 0.594. The van der Waals surface area contributed by atoms with E-state index in [9.17, 15) is 9.59 Å². The van der Waals surface area contributed by atoms with Gasteiger partial charge in [-0.15, -0.1) is 0 Å². The van der Waals surface area contributed by atoms with Crippen LogP contribution in [0, 0.1) is 0 Å². The minimum Gasteiger partial charge on any atom is -0.492 e. The van der Waals surface area contributed by atoms with Crippen LogP contribution >= 0.6 is 0 Å². The summed E-state index contributed by atoms with van der Waals surface area (Å²) in [6.45, 7) is 3.56. The van der Waals surface area contributed by atoms with E-state index in [1.165, 1.54) is 25.1 Å². The SMILES string of the molecule is CCOc1cc(C(=O)O)ccc1NC(C)=O. The monoisotopic (exact) mass is 223 g/mol. The molecule has 0 fully saturated rings. The van der Waals surface area contributed by atoms with Crippen LogP contribution in [-0.2, 0) is 4.79 Å². The molecule has 0 saturated carbocycles. The molecular weight excluding hydrogens is 210 g/mol. The second-order valence-electron chi connectivity index (χ2n) is 3.13. The number of carbonyl (C=O) groups is 2. The molecule has 1 rings (SSSR count). The van der Waals surface area contributed by atoms with E-state index < -0.39 is 5.97 Å². The lowest BCUT2D eigenvalue weighted by Gasteiger charge is -2.10. The molecule has 0 radical (unpaired) electrons. The van der Waals surface area contributed by atoms with Gasteiger partial charge in [-0.2, -0.15) is 0 Å². The normalized spacial score (nSPS) is 9.62. The highest BCUT2D eigenvalue weighted by molar-refractivity contribution is 5.93. The Morgan fingerprint density at radius 1 is 1.44 bits per heavy atom. The lowest BCUT2D eigenvalue weighted by atomic mass is 10.2. The quantitative estimate of drug-likeness (QED) is 0.815. The van der Waals surface area contributed by atoms with E-state index in [1.807, 2.05) is 0 Å². The van der Waals surface area contributed by atoms with Gasteiger partial charge in [0.2, 0.25) is 5.91 Å². The van der Waals surface area contributed by atoms with E-state index >= 15 is 0 Å². The Bertz CT molecular complexity index is 414. The topological polar surface area (TPSA) is 75.6 Å². The molecule has 16 heavy (non-hydrogen) atoms. The van der Waals surface area contributed by atoms with Crippen molar-refractivity contribution in [1.29, 1.82) is 0 Å². The van der Waals surface area contributed by atoms with Gasteiger partial charge in [0.05, 0.1) is 17.9 Å². The summed E-state index contributed by atoms with van der Waals surface area (Å²) in [6, 6.07) is 4.31. The number of hydrogen-bond donors (Lipinski definition) is 2. The Kier molecular flexibility index (Phi) is 3.88. The molecule has 0 spiro atoms. The standard InChI is InChI=1S/C11H13NO4/c1-3-16-10-6-8(11(14)15)4-5-9(10)12-7(2)13/h4-6H,3H2,1-2H3,(H,12,13)(H,14,15). The van der Waals surface area contributed by atoms with Gasteiger partial charge in [0.25, 0.3) is 0 Å². The zero-order chi connectivity index (χ0) is 12.1. The first-order chi connectivity index (χ1) is 7.54. The van der Waals surface area contributed by atoms with Crippen molar-refractivity contribution in [3.63, 3.8) is 0 Å². The van der Waals surface area contributed by atoms with Crippen LogP contribution < -0.4 is 10.1 Å². The molecule has 1 amide bonds. The molecule has 0 bridgehead atoms. The molecule has 5 heteroatoms. The zero-order valence-corrected chi connectivity index (χ0v) is 9.11. The maximum atomic E-state index is 10.9. The Labute approximate surface area is 93.0 Å². The van der Waals surface area contributed by atoms with Crippen LogP contribution in [0.1, 0.15) is 24.2 Å². The van der Waals surface area contributed by atoms with Gasteiger partial charge in [0, 0.05) is 6.92 Å². The van der Waals surface area contributed by atoms with Crippen LogP contribution in [0.15, 0.2) is 18.2 Å². The van der Waals surface area contributed by atoms with E-state index in [4.69, 9.17) is 9.84 Å². The summed E-state index contributed by atoms with van der Waals surface area (Å²) in [4.78, 5) is 21.7. The zero-order valence-electron chi connectivity index (χ0n) is 9.11. The van der Waals surface area contributed by atoms with Gasteiger partial charge >= 0.3 is 5.97 Å². The van der Waals surface area contributed by atoms with E-state index in [-0.39, 0.29) is 11.5 Å². The van der Waals surface area contributed by atoms with Crippen molar-refractivity contribution in [2.45, 2.75) is 13.8 Å². The third-order valence-electron chi connectivity index (χ3n) is 1.84. The lowest BCUT2D eigenvalue weighted by Crippen LogP contribution is -2.09. The summed E-state index contributed by atoms with van der Waals surface area (Å²) in [7, 11) is 0. The minimum absolute atomic E-state index is 0.123. The summed E-state index contributed by atoms with van der Waals surface area (Å²) < 4.78 is 5.25. The van der Waals surface area contributed by atoms with E-state index in [2.05, 4.69) is 5.32 Å². The molecule has 2 N–H and O–H groups in total. The Balaban J connectivity index is 3.08. The number of carboxylic acids is 1. The van der Waals surface area contributed by atoms with Crippen molar-refractivity contribution < 1.29 is 19.4 Å². The van der Waals surface area contributed by atoms with Crippen LogP contribution in [0.25, 0.3) is 0 Å². The number of amides is 1. The Morgan fingerprint density at radius 2 is 2.12 bits per heavy atom. The summed E-state index contributed by atoms with van der Waals surface area (Å²) in [5, 5.41) is 11.4. The highest BCUT2D eigenvalue weighted by Gasteiger charge is 2.09. The number of carboxylic acid groups (broad SMARTS) is 1. The van der Waals surface area contributed by atoms with Crippen molar-refractivity contribution >= 4 is 17.6 Å². The Hall–Kier alpha value is -2.04. The molecule has 86 valence electrons. The molecule has 0 aromatic heterocycles. The van der Waals surface area contributed by atoms with Gasteiger partial charge in [-0.25, -0.2) is 4.79 Å². The minimum atomic E-state index is -1.03. The van der Waals surface area contributed by atoms with E-state index in [1.54, 1.807) is 6.92 Å². The highest BCUT2D eigenvalue weighted by Crippen LogP contribution is 2.25. The second kappa shape index (κ2) is 5.16. The van der Waals surface area contributed by atoms with Crippen molar-refractivity contribution in [1.82, 2.24) is 0 Å². The van der Waals surface area contributed by atoms with Crippen molar-refractivity contribution in [3.05, 3.63) is 23.8 Å².